The maximum Gasteiger partial charge on any atom is 0.0958 e. The maximum absolute atomic E-state index is 10.6. The van der Waals surface area contributed by atoms with Crippen molar-refractivity contribution in [1.29, 1.82) is 0 Å². The van der Waals surface area contributed by atoms with Gasteiger partial charge < -0.3 is 5.11 Å². The zero-order chi connectivity index (χ0) is 14.7. The van der Waals surface area contributed by atoms with Gasteiger partial charge in [0.05, 0.1) is 16.8 Å². The van der Waals surface area contributed by atoms with Gasteiger partial charge in [-0.3, -0.25) is 0 Å². The van der Waals surface area contributed by atoms with Crippen LogP contribution in [0.15, 0.2) is 35.7 Å². The summed E-state index contributed by atoms with van der Waals surface area (Å²) in [7, 11) is 0. The number of aliphatic hydroxyl groups excluding tert-OH is 1. The van der Waals surface area contributed by atoms with Crippen molar-refractivity contribution in [3.63, 3.8) is 0 Å². The highest BCUT2D eigenvalue weighted by molar-refractivity contribution is 7.09. The third kappa shape index (κ3) is 3.35. The summed E-state index contributed by atoms with van der Waals surface area (Å²) in [5.74, 6) is 0. The second-order valence-corrected chi connectivity index (χ2v) is 7.37. The average Bonchev–Trinajstić information content (AvgIpc) is 2.97. The molecule has 2 aromatic rings. The number of benzene rings is 1. The lowest BCUT2D eigenvalue weighted by Gasteiger charge is -2.37. The standard InChI is InChI=1S/C18H23NOS/c1-18(10-6-3-7-11-18)16(20)12-17-19-15(13-21-17)14-8-4-2-5-9-14/h2,4-5,8-9,13,16,20H,3,6-7,10-12H2,1H3. The van der Waals surface area contributed by atoms with E-state index in [9.17, 15) is 5.11 Å². The molecular weight excluding hydrogens is 278 g/mol. The third-order valence-electron chi connectivity index (χ3n) is 4.79. The molecule has 1 aromatic carbocycles. The normalized spacial score (nSPS) is 19.3. The lowest BCUT2D eigenvalue weighted by Crippen LogP contribution is -2.35. The Hall–Kier alpha value is -1.19. The second-order valence-electron chi connectivity index (χ2n) is 6.43. The van der Waals surface area contributed by atoms with Crippen LogP contribution < -0.4 is 0 Å². The first kappa shape index (κ1) is 14.7. The molecule has 0 aliphatic heterocycles. The number of rotatable bonds is 4. The molecule has 0 saturated heterocycles. The highest BCUT2D eigenvalue weighted by Crippen LogP contribution is 2.40. The van der Waals surface area contributed by atoms with Crippen LogP contribution in [0.4, 0.5) is 0 Å². The Labute approximate surface area is 130 Å². The number of nitrogens with zero attached hydrogens (tertiary/aromatic N) is 1. The fourth-order valence-electron chi connectivity index (χ4n) is 3.25. The first-order valence-corrected chi connectivity index (χ1v) is 8.73. The van der Waals surface area contributed by atoms with Gasteiger partial charge in [-0.15, -0.1) is 11.3 Å². The molecule has 0 bridgehead atoms. The topological polar surface area (TPSA) is 33.1 Å². The van der Waals surface area contributed by atoms with Gasteiger partial charge in [0.2, 0.25) is 0 Å². The van der Waals surface area contributed by atoms with E-state index in [1.165, 1.54) is 19.3 Å². The minimum atomic E-state index is -0.271. The van der Waals surface area contributed by atoms with Gasteiger partial charge in [-0.2, -0.15) is 0 Å². The minimum absolute atomic E-state index is 0.0802. The van der Waals surface area contributed by atoms with E-state index in [2.05, 4.69) is 24.4 Å². The smallest absolute Gasteiger partial charge is 0.0958 e. The molecule has 112 valence electrons. The SMILES string of the molecule is CC1(C(O)Cc2nc(-c3ccccc3)cs2)CCCCC1. The average molecular weight is 301 g/mol. The molecule has 1 atom stereocenters. The van der Waals surface area contributed by atoms with E-state index < -0.39 is 0 Å². The minimum Gasteiger partial charge on any atom is -0.392 e. The van der Waals surface area contributed by atoms with E-state index in [0.717, 1.165) is 29.1 Å². The van der Waals surface area contributed by atoms with Crippen LogP contribution in [-0.2, 0) is 6.42 Å². The molecule has 1 unspecified atom stereocenters. The maximum atomic E-state index is 10.6. The fraction of sp³-hybridized carbons (Fsp3) is 0.500. The van der Waals surface area contributed by atoms with Crippen molar-refractivity contribution in [2.24, 2.45) is 5.41 Å². The number of aromatic nitrogens is 1. The first-order chi connectivity index (χ1) is 10.2. The van der Waals surface area contributed by atoms with Crippen molar-refractivity contribution in [2.75, 3.05) is 0 Å². The predicted molar refractivity (Wildman–Crippen MR) is 88.5 cm³/mol. The number of thiazole rings is 1. The van der Waals surface area contributed by atoms with Crippen LogP contribution in [0.5, 0.6) is 0 Å². The van der Waals surface area contributed by atoms with Crippen LogP contribution in [0.1, 0.15) is 44.0 Å². The quantitative estimate of drug-likeness (QED) is 0.889. The fourth-order valence-corrected chi connectivity index (χ4v) is 4.09. The van der Waals surface area contributed by atoms with Crippen molar-refractivity contribution >= 4 is 11.3 Å². The van der Waals surface area contributed by atoms with E-state index in [4.69, 9.17) is 4.98 Å². The Kier molecular flexibility index (Phi) is 4.41. The lowest BCUT2D eigenvalue weighted by molar-refractivity contribution is 0.0104. The van der Waals surface area contributed by atoms with Crippen LogP contribution in [0.3, 0.4) is 0 Å². The van der Waals surface area contributed by atoms with Gasteiger partial charge in [0.15, 0.2) is 0 Å². The van der Waals surface area contributed by atoms with Crippen LogP contribution in [0.2, 0.25) is 0 Å². The van der Waals surface area contributed by atoms with Gasteiger partial charge in [-0.1, -0.05) is 56.5 Å². The van der Waals surface area contributed by atoms with E-state index in [1.807, 2.05) is 18.2 Å². The third-order valence-corrected chi connectivity index (χ3v) is 5.66. The summed E-state index contributed by atoms with van der Waals surface area (Å²) in [5.41, 5.74) is 2.26. The van der Waals surface area contributed by atoms with Gasteiger partial charge in [-0.25, -0.2) is 4.98 Å². The summed E-state index contributed by atoms with van der Waals surface area (Å²) < 4.78 is 0. The number of aliphatic hydroxyl groups is 1. The molecule has 1 aliphatic carbocycles. The summed E-state index contributed by atoms with van der Waals surface area (Å²) in [6, 6.07) is 10.2. The molecule has 3 rings (SSSR count). The molecule has 0 amide bonds. The monoisotopic (exact) mass is 301 g/mol. The van der Waals surface area contributed by atoms with Crippen LogP contribution in [0.25, 0.3) is 11.3 Å². The summed E-state index contributed by atoms with van der Waals surface area (Å²) in [6.07, 6.45) is 6.52. The van der Waals surface area contributed by atoms with Gasteiger partial charge in [0.25, 0.3) is 0 Å². The van der Waals surface area contributed by atoms with Gasteiger partial charge in [0.1, 0.15) is 0 Å². The molecule has 21 heavy (non-hydrogen) atoms. The number of hydrogen-bond acceptors (Lipinski definition) is 3. The van der Waals surface area contributed by atoms with Crippen molar-refractivity contribution in [2.45, 2.75) is 51.6 Å². The summed E-state index contributed by atoms with van der Waals surface area (Å²) in [6.45, 7) is 2.24. The Morgan fingerprint density at radius 1 is 1.19 bits per heavy atom. The highest BCUT2D eigenvalue weighted by atomic mass is 32.1. The predicted octanol–water partition coefficient (Wildman–Crippen LogP) is 4.68. The highest BCUT2D eigenvalue weighted by Gasteiger charge is 2.34. The zero-order valence-corrected chi connectivity index (χ0v) is 13.4. The van der Waals surface area contributed by atoms with Crippen molar-refractivity contribution in [3.05, 3.63) is 40.7 Å². The van der Waals surface area contributed by atoms with E-state index in [0.29, 0.717) is 6.42 Å². The Balaban J connectivity index is 1.69. The van der Waals surface area contributed by atoms with Crippen molar-refractivity contribution in [3.8, 4) is 11.3 Å². The van der Waals surface area contributed by atoms with Crippen molar-refractivity contribution in [1.82, 2.24) is 4.98 Å². The van der Waals surface area contributed by atoms with Crippen LogP contribution in [-0.4, -0.2) is 16.2 Å². The zero-order valence-electron chi connectivity index (χ0n) is 12.6. The molecule has 3 heteroatoms. The molecule has 0 radical (unpaired) electrons. The van der Waals surface area contributed by atoms with Crippen molar-refractivity contribution < 1.29 is 5.11 Å². The van der Waals surface area contributed by atoms with E-state index in [-0.39, 0.29) is 11.5 Å². The Morgan fingerprint density at radius 3 is 2.62 bits per heavy atom. The molecule has 1 N–H and O–H groups in total. The molecule has 0 spiro atoms. The summed E-state index contributed by atoms with van der Waals surface area (Å²) >= 11 is 1.66. The lowest BCUT2D eigenvalue weighted by atomic mass is 9.71. The largest absolute Gasteiger partial charge is 0.392 e. The molecule has 1 aliphatic rings. The molecule has 2 nitrogen and oxygen atoms in total. The Morgan fingerprint density at radius 2 is 1.90 bits per heavy atom. The molecule has 1 saturated carbocycles. The molecule has 1 aromatic heterocycles. The summed E-state index contributed by atoms with van der Waals surface area (Å²) in [4.78, 5) is 4.70. The molecular formula is C18H23NOS. The number of hydrogen-bond donors (Lipinski definition) is 1. The van der Waals surface area contributed by atoms with Crippen LogP contribution >= 0.6 is 11.3 Å². The molecule has 1 fully saturated rings. The first-order valence-electron chi connectivity index (χ1n) is 7.85. The second kappa shape index (κ2) is 6.29. The summed E-state index contributed by atoms with van der Waals surface area (Å²) in [5, 5.41) is 13.8. The Bertz CT molecular complexity index is 572. The van der Waals surface area contributed by atoms with Gasteiger partial charge in [-0.05, 0) is 18.3 Å². The van der Waals surface area contributed by atoms with Gasteiger partial charge >= 0.3 is 0 Å². The molecule has 1 heterocycles. The van der Waals surface area contributed by atoms with Crippen LogP contribution in [0, 0.1) is 5.41 Å². The van der Waals surface area contributed by atoms with E-state index in [1.54, 1.807) is 11.3 Å². The van der Waals surface area contributed by atoms with E-state index >= 15 is 0 Å². The van der Waals surface area contributed by atoms with Gasteiger partial charge in [0, 0.05) is 17.4 Å².